The van der Waals surface area contributed by atoms with Crippen LogP contribution in [0.4, 0.5) is 0 Å². The molecule has 76 valence electrons. The van der Waals surface area contributed by atoms with E-state index in [1.807, 2.05) is 23.6 Å². The summed E-state index contributed by atoms with van der Waals surface area (Å²) in [6.45, 7) is 2.14. The first kappa shape index (κ1) is 11.2. The summed E-state index contributed by atoms with van der Waals surface area (Å²) in [6, 6.07) is 4.01. The summed E-state index contributed by atoms with van der Waals surface area (Å²) in [7, 11) is 0. The highest BCUT2D eigenvalue weighted by Gasteiger charge is 1.95. The van der Waals surface area contributed by atoms with Gasteiger partial charge in [0, 0.05) is 11.3 Å². The van der Waals surface area contributed by atoms with Crippen LogP contribution in [0.5, 0.6) is 0 Å². The van der Waals surface area contributed by atoms with Gasteiger partial charge in [-0.3, -0.25) is 4.79 Å². The predicted octanol–water partition coefficient (Wildman–Crippen LogP) is 3.91. The molecule has 14 heavy (non-hydrogen) atoms. The van der Waals surface area contributed by atoms with E-state index < -0.39 is 0 Å². The Morgan fingerprint density at radius 1 is 1.50 bits per heavy atom. The molecule has 1 rings (SSSR count). The number of carbonyl (C=O) groups excluding carboxylic acids is 1. The van der Waals surface area contributed by atoms with Crippen molar-refractivity contribution in [3.63, 3.8) is 0 Å². The fraction of sp³-hybridized carbons (Fsp3) is 0.417. The van der Waals surface area contributed by atoms with Crippen molar-refractivity contribution in [1.82, 2.24) is 0 Å². The molecule has 0 amide bonds. The summed E-state index contributed by atoms with van der Waals surface area (Å²) in [4.78, 5) is 12.5. The minimum Gasteiger partial charge on any atom is -0.295 e. The van der Waals surface area contributed by atoms with Crippen LogP contribution < -0.4 is 0 Å². The highest BCUT2D eigenvalue weighted by Crippen LogP contribution is 2.10. The number of allylic oxidation sites excluding steroid dienone is 1. The van der Waals surface area contributed by atoms with E-state index in [0.717, 1.165) is 17.7 Å². The van der Waals surface area contributed by atoms with Gasteiger partial charge in [-0.05, 0) is 30.0 Å². The topological polar surface area (TPSA) is 17.1 Å². The number of carbonyl (C=O) groups is 1. The van der Waals surface area contributed by atoms with E-state index in [9.17, 15) is 4.79 Å². The molecule has 0 bridgehead atoms. The molecular formula is C12H16OS. The van der Waals surface area contributed by atoms with E-state index in [1.165, 1.54) is 6.42 Å². The third kappa shape index (κ3) is 4.38. The smallest absolute Gasteiger partial charge is 0.155 e. The van der Waals surface area contributed by atoms with Crippen LogP contribution in [0.25, 0.3) is 6.08 Å². The van der Waals surface area contributed by atoms with E-state index in [1.54, 1.807) is 17.4 Å². The molecule has 0 atom stereocenters. The van der Waals surface area contributed by atoms with Crippen molar-refractivity contribution < 1.29 is 4.79 Å². The fourth-order valence-corrected chi connectivity index (χ4v) is 1.81. The minimum atomic E-state index is 0.242. The summed E-state index contributed by atoms with van der Waals surface area (Å²) in [5.74, 6) is 0.242. The quantitative estimate of drug-likeness (QED) is 0.511. The van der Waals surface area contributed by atoms with E-state index in [2.05, 4.69) is 6.92 Å². The Bertz CT molecular complexity index is 285. The molecule has 0 aromatic carbocycles. The van der Waals surface area contributed by atoms with Crippen molar-refractivity contribution in [1.29, 1.82) is 0 Å². The molecule has 0 N–H and O–H groups in total. The van der Waals surface area contributed by atoms with Crippen LogP contribution in [0.3, 0.4) is 0 Å². The zero-order valence-corrected chi connectivity index (χ0v) is 9.35. The van der Waals surface area contributed by atoms with Crippen molar-refractivity contribution in [3.8, 4) is 0 Å². The monoisotopic (exact) mass is 208 g/mol. The van der Waals surface area contributed by atoms with E-state index >= 15 is 0 Å². The molecule has 1 aromatic rings. The molecule has 0 radical (unpaired) electrons. The number of rotatable bonds is 6. The molecule has 0 spiro atoms. The number of hydrogen-bond donors (Lipinski definition) is 0. The zero-order chi connectivity index (χ0) is 10.2. The van der Waals surface area contributed by atoms with Gasteiger partial charge >= 0.3 is 0 Å². The largest absolute Gasteiger partial charge is 0.295 e. The second kappa shape index (κ2) is 6.55. The second-order valence-electron chi connectivity index (χ2n) is 3.27. The number of ketones is 1. The van der Waals surface area contributed by atoms with Crippen molar-refractivity contribution in [2.45, 2.75) is 32.6 Å². The van der Waals surface area contributed by atoms with Gasteiger partial charge in [-0.15, -0.1) is 11.3 Å². The lowest BCUT2D eigenvalue weighted by Crippen LogP contribution is -1.91. The van der Waals surface area contributed by atoms with Crippen LogP contribution in [0.15, 0.2) is 23.6 Å². The normalized spacial score (nSPS) is 10.9. The van der Waals surface area contributed by atoms with E-state index in [4.69, 9.17) is 0 Å². The summed E-state index contributed by atoms with van der Waals surface area (Å²) in [5, 5.41) is 2.02. The Morgan fingerprint density at radius 3 is 3.00 bits per heavy atom. The Labute approximate surface area is 89.5 Å². The maximum Gasteiger partial charge on any atom is 0.155 e. The summed E-state index contributed by atoms with van der Waals surface area (Å²) in [6.07, 6.45) is 7.63. The van der Waals surface area contributed by atoms with E-state index in [0.29, 0.717) is 6.42 Å². The Hall–Kier alpha value is -0.890. The molecule has 0 aliphatic carbocycles. The first-order valence-electron chi connectivity index (χ1n) is 5.07. The molecular weight excluding hydrogens is 192 g/mol. The first-order valence-corrected chi connectivity index (χ1v) is 5.95. The maximum absolute atomic E-state index is 11.3. The van der Waals surface area contributed by atoms with Gasteiger partial charge in [0.25, 0.3) is 0 Å². The lowest BCUT2D eigenvalue weighted by molar-refractivity contribution is -0.114. The van der Waals surface area contributed by atoms with E-state index in [-0.39, 0.29) is 5.78 Å². The molecule has 1 nitrogen and oxygen atoms in total. The standard InChI is InChI=1S/C12H16OS/c1-2-3-4-6-11(13)8-9-12-7-5-10-14-12/h5,7-10H,2-4,6H2,1H3/b9-8+. The van der Waals surface area contributed by atoms with Crippen LogP contribution >= 0.6 is 11.3 Å². The van der Waals surface area contributed by atoms with Gasteiger partial charge in [-0.25, -0.2) is 0 Å². The predicted molar refractivity (Wildman–Crippen MR) is 62.5 cm³/mol. The van der Waals surface area contributed by atoms with Gasteiger partial charge in [-0.1, -0.05) is 25.8 Å². The molecule has 0 saturated heterocycles. The summed E-state index contributed by atoms with van der Waals surface area (Å²) in [5.41, 5.74) is 0. The van der Waals surface area contributed by atoms with Gasteiger partial charge in [0.1, 0.15) is 0 Å². The average Bonchev–Trinajstić information content (AvgIpc) is 2.68. The first-order chi connectivity index (χ1) is 6.83. The summed E-state index contributed by atoms with van der Waals surface area (Å²) >= 11 is 1.65. The SMILES string of the molecule is CCCCCC(=O)/C=C/c1cccs1. The molecule has 0 saturated carbocycles. The second-order valence-corrected chi connectivity index (χ2v) is 4.25. The maximum atomic E-state index is 11.3. The molecule has 0 aliphatic rings. The van der Waals surface area contributed by atoms with Crippen molar-refractivity contribution in [3.05, 3.63) is 28.5 Å². The summed E-state index contributed by atoms with van der Waals surface area (Å²) < 4.78 is 0. The lowest BCUT2D eigenvalue weighted by atomic mass is 10.1. The van der Waals surface area contributed by atoms with Crippen molar-refractivity contribution in [2.75, 3.05) is 0 Å². The number of unbranched alkanes of at least 4 members (excludes halogenated alkanes) is 2. The highest BCUT2D eigenvalue weighted by molar-refractivity contribution is 7.10. The van der Waals surface area contributed by atoms with Gasteiger partial charge in [0.15, 0.2) is 5.78 Å². The Balaban J connectivity index is 2.26. The number of thiophene rings is 1. The van der Waals surface area contributed by atoms with Crippen LogP contribution in [0, 0.1) is 0 Å². The van der Waals surface area contributed by atoms with Crippen LogP contribution in [-0.2, 0) is 4.79 Å². The third-order valence-corrected chi connectivity index (χ3v) is 2.84. The zero-order valence-electron chi connectivity index (χ0n) is 8.53. The van der Waals surface area contributed by atoms with Gasteiger partial charge in [0.05, 0.1) is 0 Å². The number of hydrogen-bond acceptors (Lipinski definition) is 2. The Morgan fingerprint density at radius 2 is 2.36 bits per heavy atom. The van der Waals surface area contributed by atoms with Crippen LogP contribution in [0.2, 0.25) is 0 Å². The molecule has 0 fully saturated rings. The molecule has 1 aromatic heterocycles. The van der Waals surface area contributed by atoms with Gasteiger partial charge < -0.3 is 0 Å². The van der Waals surface area contributed by atoms with Gasteiger partial charge in [-0.2, -0.15) is 0 Å². The average molecular weight is 208 g/mol. The van der Waals surface area contributed by atoms with Crippen molar-refractivity contribution in [2.24, 2.45) is 0 Å². The third-order valence-electron chi connectivity index (χ3n) is 2.00. The molecule has 0 aliphatic heterocycles. The van der Waals surface area contributed by atoms with Crippen LogP contribution in [0.1, 0.15) is 37.5 Å². The fourth-order valence-electron chi connectivity index (χ4n) is 1.19. The molecule has 1 heterocycles. The van der Waals surface area contributed by atoms with Crippen molar-refractivity contribution >= 4 is 23.2 Å². The molecule has 2 heteroatoms. The highest BCUT2D eigenvalue weighted by atomic mass is 32.1. The lowest BCUT2D eigenvalue weighted by Gasteiger charge is -1.93. The van der Waals surface area contributed by atoms with Gasteiger partial charge in [0.2, 0.25) is 0 Å². The Kier molecular flexibility index (Phi) is 5.23. The van der Waals surface area contributed by atoms with Crippen LogP contribution in [-0.4, -0.2) is 5.78 Å². The minimum absolute atomic E-state index is 0.242. The molecule has 0 unspecified atom stereocenters.